The van der Waals surface area contributed by atoms with Gasteiger partial charge in [-0.15, -0.1) is 0 Å². The summed E-state index contributed by atoms with van der Waals surface area (Å²) >= 11 is 0. The topological polar surface area (TPSA) is 65.8 Å². The van der Waals surface area contributed by atoms with Crippen molar-refractivity contribution in [1.29, 1.82) is 0 Å². The summed E-state index contributed by atoms with van der Waals surface area (Å²) < 4.78 is 5.46. The monoisotopic (exact) mass is 371 g/mol. The van der Waals surface area contributed by atoms with Gasteiger partial charge in [0.05, 0.1) is 0 Å². The van der Waals surface area contributed by atoms with Crippen LogP contribution in [0.15, 0.2) is 33.5 Å². The first-order chi connectivity index (χ1) is 12.7. The SMILES string of the molecule is CN1CCN(c2ccc3c(CCNC(=O)C(C)(C)C)cc(=O)oc3c2)CC1. The summed E-state index contributed by atoms with van der Waals surface area (Å²) in [7, 11) is 2.13. The van der Waals surface area contributed by atoms with E-state index >= 15 is 0 Å². The smallest absolute Gasteiger partial charge is 0.336 e. The number of piperazine rings is 1. The Morgan fingerprint density at radius 1 is 1.15 bits per heavy atom. The highest BCUT2D eigenvalue weighted by Gasteiger charge is 2.20. The molecule has 0 unspecified atom stereocenters. The van der Waals surface area contributed by atoms with Crippen LogP contribution < -0.4 is 15.8 Å². The number of anilines is 1. The molecule has 1 aromatic carbocycles. The van der Waals surface area contributed by atoms with E-state index in [1.165, 1.54) is 6.07 Å². The van der Waals surface area contributed by atoms with Crippen LogP contribution in [0.4, 0.5) is 5.69 Å². The molecule has 2 aromatic rings. The molecule has 1 N–H and O–H groups in total. The number of benzene rings is 1. The first-order valence-corrected chi connectivity index (χ1v) is 9.52. The lowest BCUT2D eigenvalue weighted by Crippen LogP contribution is -2.44. The van der Waals surface area contributed by atoms with Gasteiger partial charge in [-0.2, -0.15) is 0 Å². The van der Waals surface area contributed by atoms with Crippen LogP contribution in [0.2, 0.25) is 0 Å². The third kappa shape index (κ3) is 4.69. The number of amides is 1. The normalized spacial score (nSPS) is 15.9. The molecule has 0 saturated carbocycles. The molecule has 27 heavy (non-hydrogen) atoms. The Hall–Kier alpha value is -2.34. The second-order valence-electron chi connectivity index (χ2n) is 8.32. The van der Waals surface area contributed by atoms with Crippen molar-refractivity contribution in [3.63, 3.8) is 0 Å². The first kappa shape index (κ1) is 19.4. The van der Waals surface area contributed by atoms with Crippen molar-refractivity contribution in [2.24, 2.45) is 5.41 Å². The molecule has 1 saturated heterocycles. The number of rotatable bonds is 4. The van der Waals surface area contributed by atoms with E-state index in [1.54, 1.807) is 0 Å². The van der Waals surface area contributed by atoms with E-state index in [9.17, 15) is 9.59 Å². The van der Waals surface area contributed by atoms with Gasteiger partial charge in [0.25, 0.3) is 0 Å². The fraction of sp³-hybridized carbons (Fsp3) is 0.524. The Kier molecular flexibility index (Phi) is 5.56. The Balaban J connectivity index is 1.78. The highest BCUT2D eigenvalue weighted by atomic mass is 16.4. The van der Waals surface area contributed by atoms with Gasteiger partial charge in [0.2, 0.25) is 5.91 Å². The van der Waals surface area contributed by atoms with E-state index in [4.69, 9.17) is 4.42 Å². The summed E-state index contributed by atoms with van der Waals surface area (Å²) in [5, 5.41) is 3.87. The number of nitrogens with zero attached hydrogens (tertiary/aromatic N) is 2. The fourth-order valence-electron chi connectivity index (χ4n) is 3.26. The second-order valence-corrected chi connectivity index (χ2v) is 8.32. The molecule has 6 heteroatoms. The molecule has 1 aliphatic heterocycles. The molecule has 1 aromatic heterocycles. The zero-order valence-corrected chi connectivity index (χ0v) is 16.7. The van der Waals surface area contributed by atoms with Crippen LogP contribution in [0, 0.1) is 5.41 Å². The van der Waals surface area contributed by atoms with Gasteiger partial charge in [-0.05, 0) is 31.2 Å². The third-order valence-corrected chi connectivity index (χ3v) is 5.04. The molecule has 0 bridgehead atoms. The molecule has 1 fully saturated rings. The number of hydrogen-bond donors (Lipinski definition) is 1. The Bertz CT molecular complexity index is 874. The molecular formula is C21H29N3O3. The maximum Gasteiger partial charge on any atom is 0.336 e. The lowest BCUT2D eigenvalue weighted by atomic mass is 9.95. The molecule has 3 rings (SSSR count). The van der Waals surface area contributed by atoms with Gasteiger partial charge >= 0.3 is 5.63 Å². The summed E-state index contributed by atoms with van der Waals surface area (Å²) in [5.74, 6) is 0.00660. The van der Waals surface area contributed by atoms with E-state index in [2.05, 4.69) is 28.2 Å². The van der Waals surface area contributed by atoms with Crippen molar-refractivity contribution in [3.05, 3.63) is 40.2 Å². The van der Waals surface area contributed by atoms with Crippen molar-refractivity contribution in [3.8, 4) is 0 Å². The molecule has 1 amide bonds. The van der Waals surface area contributed by atoms with Crippen molar-refractivity contribution < 1.29 is 9.21 Å². The molecule has 2 heterocycles. The van der Waals surface area contributed by atoms with Crippen LogP contribution >= 0.6 is 0 Å². The number of carbonyl (C=O) groups is 1. The first-order valence-electron chi connectivity index (χ1n) is 9.52. The van der Waals surface area contributed by atoms with Crippen LogP contribution in [-0.2, 0) is 11.2 Å². The predicted molar refractivity (Wildman–Crippen MR) is 108 cm³/mol. The minimum atomic E-state index is -0.421. The summed E-state index contributed by atoms with van der Waals surface area (Å²) in [6.07, 6.45) is 0.595. The summed E-state index contributed by atoms with van der Waals surface area (Å²) in [6.45, 7) is 10.1. The molecular weight excluding hydrogens is 342 g/mol. The van der Waals surface area contributed by atoms with Crippen LogP contribution in [0.3, 0.4) is 0 Å². The van der Waals surface area contributed by atoms with E-state index in [1.807, 2.05) is 32.9 Å². The third-order valence-electron chi connectivity index (χ3n) is 5.04. The standard InChI is InChI=1S/C21H29N3O3/c1-21(2,3)20(26)22-8-7-15-13-19(25)27-18-14-16(5-6-17(15)18)24-11-9-23(4)10-12-24/h5-6,13-14H,7-12H2,1-4H3,(H,22,26). The number of carbonyl (C=O) groups excluding carboxylic acids is 1. The minimum Gasteiger partial charge on any atom is -0.423 e. The van der Waals surface area contributed by atoms with Gasteiger partial charge in [-0.3, -0.25) is 4.79 Å². The average molecular weight is 371 g/mol. The van der Waals surface area contributed by atoms with Gasteiger partial charge in [-0.25, -0.2) is 4.79 Å². The minimum absolute atomic E-state index is 0.00660. The Morgan fingerprint density at radius 2 is 1.85 bits per heavy atom. The van der Waals surface area contributed by atoms with Gasteiger partial charge in [0.15, 0.2) is 0 Å². The molecule has 6 nitrogen and oxygen atoms in total. The lowest BCUT2D eigenvalue weighted by molar-refractivity contribution is -0.128. The van der Waals surface area contributed by atoms with E-state index in [0.29, 0.717) is 18.5 Å². The number of likely N-dealkylation sites (N-methyl/N-ethyl adjacent to an activating group) is 1. The molecule has 0 aliphatic carbocycles. The highest BCUT2D eigenvalue weighted by Crippen LogP contribution is 2.25. The quantitative estimate of drug-likeness (QED) is 0.835. The largest absolute Gasteiger partial charge is 0.423 e. The van der Waals surface area contributed by atoms with Crippen molar-refractivity contribution >= 4 is 22.6 Å². The van der Waals surface area contributed by atoms with E-state index in [-0.39, 0.29) is 11.5 Å². The number of hydrogen-bond acceptors (Lipinski definition) is 5. The fourth-order valence-corrected chi connectivity index (χ4v) is 3.26. The van der Waals surface area contributed by atoms with Crippen LogP contribution in [0.1, 0.15) is 26.3 Å². The van der Waals surface area contributed by atoms with Gasteiger partial charge in [0.1, 0.15) is 5.58 Å². The van der Waals surface area contributed by atoms with E-state index in [0.717, 1.165) is 42.8 Å². The number of nitrogens with one attached hydrogen (secondary N) is 1. The molecule has 146 valence electrons. The summed E-state index contributed by atoms with van der Waals surface area (Å²) in [6, 6.07) is 7.60. The summed E-state index contributed by atoms with van der Waals surface area (Å²) in [4.78, 5) is 28.7. The maximum atomic E-state index is 12.0. The van der Waals surface area contributed by atoms with Gasteiger partial charge in [-0.1, -0.05) is 20.8 Å². The molecule has 1 aliphatic rings. The van der Waals surface area contributed by atoms with Crippen molar-refractivity contribution in [2.45, 2.75) is 27.2 Å². The highest BCUT2D eigenvalue weighted by molar-refractivity contribution is 5.84. The summed E-state index contributed by atoms with van der Waals surface area (Å²) in [5.41, 5.74) is 1.82. The van der Waals surface area contributed by atoms with Crippen molar-refractivity contribution in [2.75, 3.05) is 44.7 Å². The van der Waals surface area contributed by atoms with Crippen molar-refractivity contribution in [1.82, 2.24) is 10.2 Å². The van der Waals surface area contributed by atoms with Gasteiger partial charge in [0, 0.05) is 61.3 Å². The predicted octanol–water partition coefficient (Wildman–Crippen LogP) is 2.25. The van der Waals surface area contributed by atoms with Crippen LogP contribution in [-0.4, -0.2) is 50.6 Å². The lowest BCUT2D eigenvalue weighted by Gasteiger charge is -2.34. The van der Waals surface area contributed by atoms with Crippen LogP contribution in [0.25, 0.3) is 11.0 Å². The zero-order valence-electron chi connectivity index (χ0n) is 16.7. The van der Waals surface area contributed by atoms with Gasteiger partial charge < -0.3 is 19.5 Å². The van der Waals surface area contributed by atoms with E-state index < -0.39 is 5.41 Å². The molecule has 0 radical (unpaired) electrons. The maximum absolute atomic E-state index is 12.0. The zero-order chi connectivity index (χ0) is 19.6. The Morgan fingerprint density at radius 3 is 2.52 bits per heavy atom. The number of fused-ring (bicyclic) bond motifs is 1. The average Bonchev–Trinajstić information content (AvgIpc) is 2.60. The second kappa shape index (κ2) is 7.72. The van der Waals surface area contributed by atoms with Crippen LogP contribution in [0.5, 0.6) is 0 Å². The molecule has 0 atom stereocenters. The molecule has 0 spiro atoms. The Labute approximate surface area is 160 Å².